The van der Waals surface area contributed by atoms with Crippen molar-refractivity contribution in [3.05, 3.63) is 11.8 Å². The fourth-order valence-electron chi connectivity index (χ4n) is 4.10. The number of aryl methyl sites for hydroxylation is 1. The van der Waals surface area contributed by atoms with E-state index in [0.717, 1.165) is 12.8 Å². The van der Waals surface area contributed by atoms with E-state index in [1.165, 1.54) is 4.68 Å². The van der Waals surface area contributed by atoms with Crippen molar-refractivity contribution in [1.82, 2.24) is 25.3 Å². The predicted octanol–water partition coefficient (Wildman–Crippen LogP) is 0.979. The maximum Gasteiger partial charge on any atom is 0.315 e. The highest BCUT2D eigenvalue weighted by molar-refractivity contribution is 6.39. The van der Waals surface area contributed by atoms with Crippen molar-refractivity contribution in [2.45, 2.75) is 59.3 Å². The third-order valence-electron chi connectivity index (χ3n) is 5.31. The van der Waals surface area contributed by atoms with Gasteiger partial charge >= 0.3 is 11.8 Å². The zero-order chi connectivity index (χ0) is 20.4. The second-order valence-corrected chi connectivity index (χ2v) is 8.17. The van der Waals surface area contributed by atoms with Crippen molar-refractivity contribution < 1.29 is 14.4 Å². The van der Waals surface area contributed by atoms with Crippen molar-refractivity contribution in [3.8, 4) is 0 Å². The van der Waals surface area contributed by atoms with Gasteiger partial charge in [-0.1, -0.05) is 20.8 Å². The number of nitrogens with zero attached hydrogens (tertiary/aromatic N) is 3. The molecule has 2 fully saturated rings. The first kappa shape index (κ1) is 20.3. The minimum atomic E-state index is -0.684. The molecule has 0 radical (unpaired) electrons. The Hall–Kier alpha value is -2.42. The van der Waals surface area contributed by atoms with Crippen LogP contribution in [0.1, 0.15) is 52.0 Å². The average Bonchev–Trinajstić information content (AvgIpc) is 2.99. The van der Waals surface area contributed by atoms with Crippen LogP contribution in [0.2, 0.25) is 0 Å². The molecule has 0 bridgehead atoms. The summed E-state index contributed by atoms with van der Waals surface area (Å²) in [5, 5.41) is 13.2. The van der Waals surface area contributed by atoms with Gasteiger partial charge in [0.1, 0.15) is 5.82 Å². The van der Waals surface area contributed by atoms with Crippen molar-refractivity contribution in [2.75, 3.05) is 18.4 Å². The average molecular weight is 390 g/mol. The van der Waals surface area contributed by atoms with E-state index in [4.69, 9.17) is 0 Å². The van der Waals surface area contributed by atoms with Gasteiger partial charge in [-0.25, -0.2) is 4.68 Å². The molecule has 1 aromatic heterocycles. The molecule has 9 heteroatoms. The van der Waals surface area contributed by atoms with Gasteiger partial charge in [0.15, 0.2) is 6.29 Å². The highest BCUT2D eigenvalue weighted by Crippen LogP contribution is 2.22. The number of likely N-dealkylation sites (tertiary alicyclic amines) is 1. The summed E-state index contributed by atoms with van der Waals surface area (Å²) in [4.78, 5) is 38.9. The molecule has 28 heavy (non-hydrogen) atoms. The number of piperidine rings is 1. The summed E-state index contributed by atoms with van der Waals surface area (Å²) < 4.78 is 1.52. The fourth-order valence-corrected chi connectivity index (χ4v) is 4.10. The van der Waals surface area contributed by atoms with Crippen LogP contribution in [0.25, 0.3) is 0 Å². The summed E-state index contributed by atoms with van der Waals surface area (Å²) in [5.74, 6) is -0.161. The molecular formula is C19H30N6O3. The zero-order valence-electron chi connectivity index (χ0n) is 17.0. The molecule has 9 nitrogen and oxygen atoms in total. The molecule has 154 valence electrons. The SMILES string of the molecule is CCC1CC(=O)NC(n2nc(C)cc2NC(=O)C(=O)N2CC(C)CC(C)C2)N1. The van der Waals surface area contributed by atoms with Gasteiger partial charge in [-0.2, -0.15) is 5.10 Å². The maximum absolute atomic E-state index is 12.6. The molecule has 3 heterocycles. The standard InChI is InChI=1S/C19H30N6O3/c1-5-14-8-16(26)22-19(20-14)25-15(7-13(4)23-25)21-17(27)18(28)24-9-11(2)6-12(3)10-24/h7,11-12,14,19-20H,5-6,8-10H2,1-4H3,(H,21,27)(H,22,26). The Balaban J connectivity index is 1.73. The third kappa shape index (κ3) is 4.52. The van der Waals surface area contributed by atoms with Crippen molar-refractivity contribution >= 4 is 23.5 Å². The van der Waals surface area contributed by atoms with E-state index in [-0.39, 0.29) is 11.9 Å². The number of rotatable bonds is 3. The Morgan fingerprint density at radius 3 is 2.61 bits per heavy atom. The molecular weight excluding hydrogens is 360 g/mol. The van der Waals surface area contributed by atoms with Crippen LogP contribution in [-0.4, -0.2) is 51.5 Å². The van der Waals surface area contributed by atoms with Gasteiger partial charge in [0, 0.05) is 31.6 Å². The van der Waals surface area contributed by atoms with Gasteiger partial charge in [0.05, 0.1) is 5.69 Å². The number of amides is 3. The molecule has 4 atom stereocenters. The van der Waals surface area contributed by atoms with Crippen LogP contribution in [0.4, 0.5) is 5.82 Å². The monoisotopic (exact) mass is 390 g/mol. The van der Waals surface area contributed by atoms with E-state index in [1.807, 2.05) is 6.92 Å². The quantitative estimate of drug-likeness (QED) is 0.667. The number of hydrogen-bond donors (Lipinski definition) is 3. The summed E-state index contributed by atoms with van der Waals surface area (Å²) in [5.41, 5.74) is 0.678. The first-order valence-corrected chi connectivity index (χ1v) is 9.98. The Labute approximate surface area is 165 Å². The summed E-state index contributed by atoms with van der Waals surface area (Å²) in [6.07, 6.45) is 1.69. The second-order valence-electron chi connectivity index (χ2n) is 8.17. The van der Waals surface area contributed by atoms with Crippen LogP contribution in [-0.2, 0) is 14.4 Å². The summed E-state index contributed by atoms with van der Waals surface area (Å²) in [6.45, 7) is 9.16. The minimum Gasteiger partial charge on any atom is -0.334 e. The first-order valence-electron chi connectivity index (χ1n) is 9.98. The molecule has 0 saturated carbocycles. The topological polar surface area (TPSA) is 108 Å². The van der Waals surface area contributed by atoms with E-state index in [9.17, 15) is 14.4 Å². The Morgan fingerprint density at radius 1 is 1.29 bits per heavy atom. The normalized spacial score (nSPS) is 28.0. The van der Waals surface area contributed by atoms with Crippen molar-refractivity contribution in [2.24, 2.45) is 11.8 Å². The number of carbonyl (C=O) groups is 3. The molecule has 3 rings (SSSR count). The maximum atomic E-state index is 12.6. The first-order chi connectivity index (χ1) is 13.3. The minimum absolute atomic E-state index is 0.0322. The van der Waals surface area contributed by atoms with Crippen LogP contribution in [0.15, 0.2) is 6.07 Å². The molecule has 2 aliphatic rings. The Morgan fingerprint density at radius 2 is 1.96 bits per heavy atom. The molecule has 0 aliphatic carbocycles. The van der Waals surface area contributed by atoms with Gasteiger partial charge in [0.25, 0.3) is 0 Å². The number of carbonyl (C=O) groups excluding carboxylic acids is 3. The number of nitrogens with one attached hydrogen (secondary N) is 3. The smallest absolute Gasteiger partial charge is 0.315 e. The van der Waals surface area contributed by atoms with Crippen LogP contribution < -0.4 is 16.0 Å². The molecule has 2 saturated heterocycles. The van der Waals surface area contributed by atoms with Crippen molar-refractivity contribution in [1.29, 1.82) is 0 Å². The second kappa shape index (κ2) is 8.30. The largest absolute Gasteiger partial charge is 0.334 e. The van der Waals surface area contributed by atoms with Crippen LogP contribution >= 0.6 is 0 Å². The zero-order valence-corrected chi connectivity index (χ0v) is 17.0. The molecule has 2 aliphatic heterocycles. The lowest BCUT2D eigenvalue weighted by Crippen LogP contribution is -2.53. The highest BCUT2D eigenvalue weighted by Gasteiger charge is 2.31. The molecule has 0 spiro atoms. The van der Waals surface area contributed by atoms with E-state index in [0.29, 0.717) is 42.9 Å². The lowest BCUT2D eigenvalue weighted by molar-refractivity contribution is -0.145. The number of hydrogen-bond acceptors (Lipinski definition) is 5. The molecule has 1 aromatic rings. The van der Waals surface area contributed by atoms with Gasteiger partial charge in [-0.05, 0) is 31.6 Å². The number of anilines is 1. The van der Waals surface area contributed by atoms with E-state index < -0.39 is 18.1 Å². The molecule has 0 aromatic carbocycles. The number of aromatic nitrogens is 2. The fraction of sp³-hybridized carbons (Fsp3) is 0.684. The Kier molecular flexibility index (Phi) is 6.02. The van der Waals surface area contributed by atoms with Gasteiger partial charge in [-0.3, -0.25) is 19.7 Å². The molecule has 3 amide bonds. The third-order valence-corrected chi connectivity index (χ3v) is 5.31. The van der Waals surface area contributed by atoms with Gasteiger partial charge < -0.3 is 15.5 Å². The lowest BCUT2D eigenvalue weighted by Gasteiger charge is -2.34. The van der Waals surface area contributed by atoms with Crippen LogP contribution in [0, 0.1) is 18.8 Å². The van der Waals surface area contributed by atoms with E-state index in [1.54, 1.807) is 17.9 Å². The summed E-state index contributed by atoms with van der Waals surface area (Å²) in [6, 6.07) is 1.72. The predicted molar refractivity (Wildman–Crippen MR) is 104 cm³/mol. The highest BCUT2D eigenvalue weighted by atomic mass is 16.2. The lowest BCUT2D eigenvalue weighted by atomic mass is 9.92. The Bertz CT molecular complexity index is 751. The van der Waals surface area contributed by atoms with Gasteiger partial charge in [-0.15, -0.1) is 0 Å². The van der Waals surface area contributed by atoms with E-state index >= 15 is 0 Å². The molecule has 4 unspecified atom stereocenters. The molecule has 3 N–H and O–H groups in total. The van der Waals surface area contributed by atoms with Gasteiger partial charge in [0.2, 0.25) is 5.91 Å². The summed E-state index contributed by atoms with van der Waals surface area (Å²) >= 11 is 0. The summed E-state index contributed by atoms with van der Waals surface area (Å²) in [7, 11) is 0. The van der Waals surface area contributed by atoms with Crippen LogP contribution in [0.3, 0.4) is 0 Å². The van der Waals surface area contributed by atoms with Crippen LogP contribution in [0.5, 0.6) is 0 Å². The van der Waals surface area contributed by atoms with E-state index in [2.05, 4.69) is 34.9 Å². The van der Waals surface area contributed by atoms with Crippen molar-refractivity contribution in [3.63, 3.8) is 0 Å².